The first-order valence-corrected chi connectivity index (χ1v) is 8.45. The Morgan fingerprint density at radius 3 is 2.73 bits per heavy atom. The molecule has 0 aliphatic carbocycles. The van der Waals surface area contributed by atoms with Gasteiger partial charge in [0.1, 0.15) is 12.1 Å². The van der Waals surface area contributed by atoms with Gasteiger partial charge < -0.3 is 10.4 Å². The molecular weight excluding hydrogens is 326 g/mol. The Morgan fingerprint density at radius 2 is 1.92 bits per heavy atom. The van der Waals surface area contributed by atoms with E-state index in [2.05, 4.69) is 20.4 Å². The topological polar surface area (TPSA) is 75.9 Å². The lowest BCUT2D eigenvalue weighted by Gasteiger charge is -2.13. The van der Waals surface area contributed by atoms with Crippen LogP contribution in [0.1, 0.15) is 17.2 Å². The fourth-order valence-electron chi connectivity index (χ4n) is 2.93. The molecule has 0 spiro atoms. The molecule has 4 aromatic rings. The average Bonchev–Trinajstić information content (AvgIpc) is 3.11. The van der Waals surface area contributed by atoms with Crippen molar-refractivity contribution in [3.05, 3.63) is 78.2 Å². The summed E-state index contributed by atoms with van der Waals surface area (Å²) in [4.78, 5) is 8.67. The molecule has 0 amide bonds. The summed E-state index contributed by atoms with van der Waals surface area (Å²) in [7, 11) is 0. The minimum absolute atomic E-state index is 0.353. The Morgan fingerprint density at radius 1 is 1.08 bits per heavy atom. The lowest BCUT2D eigenvalue weighted by molar-refractivity contribution is 0.191. The predicted octanol–water partition coefficient (Wildman–Crippen LogP) is 3.27. The van der Waals surface area contributed by atoms with Gasteiger partial charge in [-0.25, -0.2) is 14.6 Å². The number of aryl methyl sites for hydroxylation is 1. The summed E-state index contributed by atoms with van der Waals surface area (Å²) < 4.78 is 1.78. The number of hydrogen-bond acceptors (Lipinski definition) is 5. The Kier molecular flexibility index (Phi) is 4.33. The molecule has 6 heteroatoms. The number of fused-ring (bicyclic) bond motifs is 1. The van der Waals surface area contributed by atoms with Crippen molar-refractivity contribution in [2.24, 2.45) is 0 Å². The Bertz CT molecular complexity index is 1030. The van der Waals surface area contributed by atoms with E-state index < -0.39 is 6.10 Å². The van der Waals surface area contributed by atoms with Crippen LogP contribution in [0.3, 0.4) is 0 Å². The van der Waals surface area contributed by atoms with Crippen LogP contribution in [-0.2, 0) is 0 Å². The number of aliphatic hydroxyl groups is 1. The summed E-state index contributed by atoms with van der Waals surface area (Å²) in [5.41, 5.74) is 3.66. The standard InChI is InChI=1S/C20H19N5O/c1-14-6-5-7-15(10-14)18(26)12-21-19-17-11-24-25(20(17)23-13-22-19)16-8-3-2-4-9-16/h2-11,13,18,26H,12H2,1H3,(H,21,22,23). The summed E-state index contributed by atoms with van der Waals surface area (Å²) in [5.74, 6) is 0.656. The normalized spacial score (nSPS) is 12.2. The quantitative estimate of drug-likeness (QED) is 0.581. The van der Waals surface area contributed by atoms with Crippen molar-refractivity contribution in [2.75, 3.05) is 11.9 Å². The zero-order chi connectivity index (χ0) is 17.9. The maximum absolute atomic E-state index is 10.4. The van der Waals surface area contributed by atoms with Gasteiger partial charge in [-0.3, -0.25) is 0 Å². The van der Waals surface area contributed by atoms with Crippen LogP contribution < -0.4 is 5.32 Å². The molecule has 0 fully saturated rings. The number of hydrogen-bond donors (Lipinski definition) is 2. The van der Waals surface area contributed by atoms with Gasteiger partial charge in [-0.15, -0.1) is 0 Å². The Balaban J connectivity index is 1.59. The first-order chi connectivity index (χ1) is 12.7. The first kappa shape index (κ1) is 16.2. The minimum Gasteiger partial charge on any atom is -0.387 e. The number of anilines is 1. The van der Waals surface area contributed by atoms with Crippen molar-refractivity contribution < 1.29 is 5.11 Å². The number of rotatable bonds is 5. The molecule has 0 saturated heterocycles. The summed E-state index contributed by atoms with van der Waals surface area (Å²) in [6, 6.07) is 17.7. The number of para-hydroxylation sites is 1. The molecule has 0 radical (unpaired) electrons. The highest BCUT2D eigenvalue weighted by Gasteiger charge is 2.13. The zero-order valence-corrected chi connectivity index (χ0v) is 14.4. The number of benzene rings is 2. The van der Waals surface area contributed by atoms with Gasteiger partial charge in [0.2, 0.25) is 0 Å². The first-order valence-electron chi connectivity index (χ1n) is 8.45. The van der Waals surface area contributed by atoms with Crippen molar-refractivity contribution in [3.63, 3.8) is 0 Å². The van der Waals surface area contributed by atoms with Gasteiger partial charge in [0.25, 0.3) is 0 Å². The zero-order valence-electron chi connectivity index (χ0n) is 14.4. The fraction of sp³-hybridized carbons (Fsp3) is 0.150. The number of nitrogens with one attached hydrogen (secondary N) is 1. The van der Waals surface area contributed by atoms with Crippen LogP contribution in [0.5, 0.6) is 0 Å². The molecule has 1 unspecified atom stereocenters. The van der Waals surface area contributed by atoms with Crippen LogP contribution >= 0.6 is 0 Å². The molecule has 0 saturated carbocycles. The van der Waals surface area contributed by atoms with Gasteiger partial charge in [-0.1, -0.05) is 48.0 Å². The van der Waals surface area contributed by atoms with E-state index in [0.29, 0.717) is 12.4 Å². The van der Waals surface area contributed by atoms with E-state index in [0.717, 1.165) is 27.8 Å². The third-order valence-electron chi connectivity index (χ3n) is 4.26. The Hall–Kier alpha value is -3.25. The van der Waals surface area contributed by atoms with Crippen LogP contribution in [0.2, 0.25) is 0 Å². The lowest BCUT2D eigenvalue weighted by atomic mass is 10.1. The SMILES string of the molecule is Cc1cccc(C(O)CNc2ncnc3c2cnn3-c2ccccc2)c1. The minimum atomic E-state index is -0.621. The lowest BCUT2D eigenvalue weighted by Crippen LogP contribution is -2.13. The largest absolute Gasteiger partial charge is 0.387 e. The molecule has 2 N–H and O–H groups in total. The second-order valence-corrected chi connectivity index (χ2v) is 6.16. The van der Waals surface area contributed by atoms with E-state index in [1.165, 1.54) is 6.33 Å². The number of aliphatic hydroxyl groups excluding tert-OH is 1. The maximum Gasteiger partial charge on any atom is 0.168 e. The molecule has 2 aromatic heterocycles. The molecule has 0 aliphatic heterocycles. The van der Waals surface area contributed by atoms with Gasteiger partial charge in [0, 0.05) is 6.54 Å². The molecule has 26 heavy (non-hydrogen) atoms. The summed E-state index contributed by atoms with van der Waals surface area (Å²) >= 11 is 0. The van der Waals surface area contributed by atoms with Gasteiger partial charge >= 0.3 is 0 Å². The van der Waals surface area contributed by atoms with Crippen molar-refractivity contribution in [1.29, 1.82) is 0 Å². The highest BCUT2D eigenvalue weighted by atomic mass is 16.3. The van der Waals surface area contributed by atoms with Crippen LogP contribution in [-0.4, -0.2) is 31.4 Å². The van der Waals surface area contributed by atoms with Crippen LogP contribution in [0.25, 0.3) is 16.7 Å². The second kappa shape index (κ2) is 6.93. The maximum atomic E-state index is 10.4. The smallest absolute Gasteiger partial charge is 0.168 e. The molecule has 0 bridgehead atoms. The van der Waals surface area contributed by atoms with Crippen molar-refractivity contribution >= 4 is 16.9 Å². The third kappa shape index (κ3) is 3.14. The molecular formula is C20H19N5O. The van der Waals surface area contributed by atoms with Gasteiger partial charge in [0.05, 0.1) is 23.4 Å². The van der Waals surface area contributed by atoms with Crippen molar-refractivity contribution in [1.82, 2.24) is 19.7 Å². The molecule has 1 atom stereocenters. The van der Waals surface area contributed by atoms with E-state index in [4.69, 9.17) is 0 Å². The highest BCUT2D eigenvalue weighted by molar-refractivity contribution is 5.87. The summed E-state index contributed by atoms with van der Waals surface area (Å²) in [6.07, 6.45) is 2.62. The highest BCUT2D eigenvalue weighted by Crippen LogP contribution is 2.22. The van der Waals surface area contributed by atoms with Gasteiger partial charge in [0.15, 0.2) is 5.65 Å². The predicted molar refractivity (Wildman–Crippen MR) is 101 cm³/mol. The van der Waals surface area contributed by atoms with Gasteiger partial charge in [-0.2, -0.15) is 5.10 Å². The number of aromatic nitrogens is 4. The van der Waals surface area contributed by atoms with E-state index in [9.17, 15) is 5.11 Å². The molecule has 6 nitrogen and oxygen atoms in total. The van der Waals surface area contributed by atoms with E-state index in [1.807, 2.05) is 61.5 Å². The average molecular weight is 345 g/mol. The molecule has 130 valence electrons. The van der Waals surface area contributed by atoms with Crippen LogP contribution in [0, 0.1) is 6.92 Å². The van der Waals surface area contributed by atoms with Crippen molar-refractivity contribution in [2.45, 2.75) is 13.0 Å². The van der Waals surface area contributed by atoms with Crippen LogP contribution in [0.15, 0.2) is 67.1 Å². The molecule has 0 aliphatic rings. The van der Waals surface area contributed by atoms with E-state index in [-0.39, 0.29) is 0 Å². The van der Waals surface area contributed by atoms with Crippen LogP contribution in [0.4, 0.5) is 5.82 Å². The fourth-order valence-corrected chi connectivity index (χ4v) is 2.93. The Labute approximate surface area is 151 Å². The number of nitrogens with zero attached hydrogens (tertiary/aromatic N) is 4. The van der Waals surface area contributed by atoms with E-state index in [1.54, 1.807) is 10.9 Å². The van der Waals surface area contributed by atoms with E-state index >= 15 is 0 Å². The van der Waals surface area contributed by atoms with Gasteiger partial charge in [-0.05, 0) is 24.6 Å². The second-order valence-electron chi connectivity index (χ2n) is 6.16. The molecule has 4 rings (SSSR count). The molecule has 2 aromatic carbocycles. The summed E-state index contributed by atoms with van der Waals surface area (Å²) in [5, 5.41) is 18.9. The third-order valence-corrected chi connectivity index (χ3v) is 4.26. The van der Waals surface area contributed by atoms with Crippen molar-refractivity contribution in [3.8, 4) is 5.69 Å². The monoisotopic (exact) mass is 345 g/mol. The molecule has 2 heterocycles. The summed E-state index contributed by atoms with van der Waals surface area (Å²) in [6.45, 7) is 2.36.